The highest BCUT2D eigenvalue weighted by Crippen LogP contribution is 2.11. The molecule has 1 aliphatic heterocycles. The van der Waals surface area contributed by atoms with E-state index in [4.69, 9.17) is 14.9 Å². The molecule has 20 heavy (non-hydrogen) atoms. The minimum Gasteiger partial charge on any atom is -0.481 e. The van der Waals surface area contributed by atoms with Gasteiger partial charge in [-0.3, -0.25) is 4.79 Å². The Bertz CT molecular complexity index is 373. The monoisotopic (exact) mass is 288 g/mol. The van der Waals surface area contributed by atoms with E-state index < -0.39 is 24.0 Å². The van der Waals surface area contributed by atoms with Crippen LogP contribution in [0, 0.1) is 0 Å². The van der Waals surface area contributed by atoms with Crippen LogP contribution in [0.1, 0.15) is 26.2 Å². The predicted molar refractivity (Wildman–Crippen MR) is 68.4 cm³/mol. The van der Waals surface area contributed by atoms with Gasteiger partial charge in [-0.05, 0) is 12.8 Å². The molecule has 1 saturated heterocycles. The first-order chi connectivity index (χ1) is 9.45. The summed E-state index contributed by atoms with van der Waals surface area (Å²) in [7, 11) is 0. The molecular weight excluding hydrogens is 268 g/mol. The summed E-state index contributed by atoms with van der Waals surface area (Å²) in [6.07, 6.45) is 0.259. The number of ether oxygens (including phenoxy) is 1. The average molecular weight is 288 g/mol. The Morgan fingerprint density at radius 1 is 1.40 bits per heavy atom. The molecule has 1 unspecified atom stereocenters. The second kappa shape index (κ2) is 7.68. The molecule has 1 fully saturated rings. The van der Waals surface area contributed by atoms with Gasteiger partial charge in [-0.1, -0.05) is 6.92 Å². The number of urea groups is 1. The number of hydrogen-bond acceptors (Lipinski definition) is 4. The van der Waals surface area contributed by atoms with Gasteiger partial charge in [0.1, 0.15) is 6.04 Å². The van der Waals surface area contributed by atoms with Crippen LogP contribution in [0.5, 0.6) is 0 Å². The Labute approximate surface area is 116 Å². The highest BCUT2D eigenvalue weighted by Gasteiger charge is 2.29. The molecule has 0 spiro atoms. The van der Waals surface area contributed by atoms with Crippen molar-refractivity contribution < 1.29 is 29.3 Å². The first-order valence-corrected chi connectivity index (χ1v) is 6.55. The minimum atomic E-state index is -1.24. The van der Waals surface area contributed by atoms with Gasteiger partial charge in [-0.2, -0.15) is 0 Å². The Kier molecular flexibility index (Phi) is 6.23. The fourth-order valence-corrected chi connectivity index (χ4v) is 2.02. The molecule has 1 heterocycles. The fraction of sp³-hybridized carbons (Fsp3) is 0.750. The van der Waals surface area contributed by atoms with Gasteiger partial charge in [-0.15, -0.1) is 0 Å². The molecule has 2 atom stereocenters. The van der Waals surface area contributed by atoms with E-state index in [2.05, 4.69) is 5.32 Å². The lowest BCUT2D eigenvalue weighted by atomic mass is 10.1. The van der Waals surface area contributed by atoms with E-state index in [0.29, 0.717) is 26.2 Å². The summed E-state index contributed by atoms with van der Waals surface area (Å²) in [5.41, 5.74) is 0. The number of aliphatic carboxylic acids is 2. The van der Waals surface area contributed by atoms with Gasteiger partial charge in [0.05, 0.1) is 19.3 Å². The van der Waals surface area contributed by atoms with Crippen molar-refractivity contribution in [1.82, 2.24) is 10.2 Å². The Balaban J connectivity index is 2.59. The molecule has 114 valence electrons. The zero-order chi connectivity index (χ0) is 15.1. The zero-order valence-corrected chi connectivity index (χ0v) is 11.4. The maximum atomic E-state index is 12.1. The largest absolute Gasteiger partial charge is 0.481 e. The van der Waals surface area contributed by atoms with Crippen molar-refractivity contribution in [3.63, 3.8) is 0 Å². The third-order valence-electron chi connectivity index (χ3n) is 3.20. The van der Waals surface area contributed by atoms with Gasteiger partial charge < -0.3 is 25.2 Å². The third kappa shape index (κ3) is 4.69. The molecule has 0 aromatic rings. The molecule has 3 N–H and O–H groups in total. The maximum Gasteiger partial charge on any atom is 0.326 e. The zero-order valence-electron chi connectivity index (χ0n) is 11.4. The first kappa shape index (κ1) is 16.2. The van der Waals surface area contributed by atoms with Gasteiger partial charge >= 0.3 is 18.0 Å². The number of carbonyl (C=O) groups is 3. The predicted octanol–water partition coefficient (Wildman–Crippen LogP) is 0.125. The van der Waals surface area contributed by atoms with Gasteiger partial charge in [0.2, 0.25) is 0 Å². The van der Waals surface area contributed by atoms with Crippen molar-refractivity contribution in [2.45, 2.75) is 38.3 Å². The van der Waals surface area contributed by atoms with E-state index in [0.717, 1.165) is 0 Å². The summed E-state index contributed by atoms with van der Waals surface area (Å²) in [6, 6.07) is -1.77. The molecule has 0 aromatic heterocycles. The van der Waals surface area contributed by atoms with Crippen LogP contribution in [-0.2, 0) is 14.3 Å². The standard InChI is InChI=1S/C12H20N2O6/c1-2-8-7-20-6-5-14(8)12(19)13-9(11(17)18)3-4-10(15)16/h8-9H,2-7H2,1H3,(H,13,19)(H,15,16)(H,17,18)/t8?,9-/m0/s1. The number of carboxylic acids is 2. The Morgan fingerprint density at radius 2 is 2.10 bits per heavy atom. The molecule has 0 aliphatic carbocycles. The van der Waals surface area contributed by atoms with Crippen molar-refractivity contribution in [2.24, 2.45) is 0 Å². The van der Waals surface area contributed by atoms with E-state index in [1.54, 1.807) is 4.90 Å². The van der Waals surface area contributed by atoms with Crippen molar-refractivity contribution in [3.8, 4) is 0 Å². The molecule has 0 bridgehead atoms. The normalized spacial score (nSPS) is 20.2. The molecule has 0 saturated carbocycles. The Hall–Kier alpha value is -1.83. The summed E-state index contributed by atoms with van der Waals surface area (Å²) < 4.78 is 5.27. The van der Waals surface area contributed by atoms with Crippen molar-refractivity contribution in [3.05, 3.63) is 0 Å². The molecule has 0 radical (unpaired) electrons. The SMILES string of the molecule is CCC1COCCN1C(=O)N[C@@H](CCC(=O)O)C(=O)O. The van der Waals surface area contributed by atoms with Crippen LogP contribution in [0.3, 0.4) is 0 Å². The van der Waals surface area contributed by atoms with Crippen LogP contribution in [0.15, 0.2) is 0 Å². The molecule has 8 heteroatoms. The molecule has 1 aliphatic rings. The molecule has 8 nitrogen and oxygen atoms in total. The summed E-state index contributed by atoms with van der Waals surface area (Å²) in [6.45, 7) is 3.15. The van der Waals surface area contributed by atoms with Crippen molar-refractivity contribution in [1.29, 1.82) is 0 Å². The van der Waals surface area contributed by atoms with E-state index >= 15 is 0 Å². The van der Waals surface area contributed by atoms with Crippen LogP contribution >= 0.6 is 0 Å². The third-order valence-corrected chi connectivity index (χ3v) is 3.20. The number of hydrogen-bond donors (Lipinski definition) is 3. The fourth-order valence-electron chi connectivity index (χ4n) is 2.02. The van der Waals surface area contributed by atoms with Crippen molar-refractivity contribution in [2.75, 3.05) is 19.8 Å². The van der Waals surface area contributed by atoms with E-state index in [9.17, 15) is 14.4 Å². The first-order valence-electron chi connectivity index (χ1n) is 6.55. The van der Waals surface area contributed by atoms with Gasteiger partial charge in [0.15, 0.2) is 0 Å². The molecule has 0 aromatic carbocycles. The van der Waals surface area contributed by atoms with E-state index in [1.807, 2.05) is 6.92 Å². The minimum absolute atomic E-state index is 0.0855. The second-order valence-corrected chi connectivity index (χ2v) is 4.60. The van der Waals surface area contributed by atoms with E-state index in [-0.39, 0.29) is 18.9 Å². The average Bonchev–Trinajstić information content (AvgIpc) is 2.42. The number of carbonyl (C=O) groups excluding carboxylic acids is 1. The summed E-state index contributed by atoms with van der Waals surface area (Å²) in [5.74, 6) is -2.33. The summed E-state index contributed by atoms with van der Waals surface area (Å²) in [4.78, 5) is 35.1. The second-order valence-electron chi connectivity index (χ2n) is 4.60. The number of carboxylic acid groups (broad SMARTS) is 2. The van der Waals surface area contributed by atoms with Crippen LogP contribution in [0.25, 0.3) is 0 Å². The van der Waals surface area contributed by atoms with Gasteiger partial charge in [0.25, 0.3) is 0 Å². The van der Waals surface area contributed by atoms with Crippen LogP contribution in [0.4, 0.5) is 4.79 Å². The van der Waals surface area contributed by atoms with Crippen LogP contribution in [0.2, 0.25) is 0 Å². The molecule has 1 rings (SSSR count). The van der Waals surface area contributed by atoms with E-state index in [1.165, 1.54) is 0 Å². The number of nitrogens with zero attached hydrogens (tertiary/aromatic N) is 1. The number of rotatable bonds is 6. The quantitative estimate of drug-likeness (QED) is 0.639. The number of nitrogens with one attached hydrogen (secondary N) is 1. The maximum absolute atomic E-state index is 12.1. The van der Waals surface area contributed by atoms with Crippen LogP contribution in [-0.4, -0.2) is 64.9 Å². The topological polar surface area (TPSA) is 116 Å². The highest BCUT2D eigenvalue weighted by molar-refractivity contribution is 5.83. The summed E-state index contributed by atoms with van der Waals surface area (Å²) >= 11 is 0. The molecular formula is C12H20N2O6. The number of amides is 2. The lowest BCUT2D eigenvalue weighted by Crippen LogP contribution is -2.55. The Morgan fingerprint density at radius 3 is 2.65 bits per heavy atom. The molecule has 2 amide bonds. The van der Waals surface area contributed by atoms with Gasteiger partial charge in [-0.25, -0.2) is 9.59 Å². The van der Waals surface area contributed by atoms with Crippen molar-refractivity contribution >= 4 is 18.0 Å². The van der Waals surface area contributed by atoms with Gasteiger partial charge in [0, 0.05) is 13.0 Å². The summed E-state index contributed by atoms with van der Waals surface area (Å²) in [5, 5.41) is 20.0. The highest BCUT2D eigenvalue weighted by atomic mass is 16.5. The van der Waals surface area contributed by atoms with Crippen LogP contribution < -0.4 is 5.32 Å². The smallest absolute Gasteiger partial charge is 0.326 e. The lowest BCUT2D eigenvalue weighted by Gasteiger charge is -2.35. The lowest BCUT2D eigenvalue weighted by molar-refractivity contribution is -0.140. The number of morpholine rings is 1.